The van der Waals surface area contributed by atoms with Crippen molar-refractivity contribution < 1.29 is 9.53 Å². The van der Waals surface area contributed by atoms with Crippen molar-refractivity contribution in [3.63, 3.8) is 0 Å². The van der Waals surface area contributed by atoms with Crippen LogP contribution in [0.25, 0.3) is 33.4 Å². The predicted octanol–water partition coefficient (Wildman–Crippen LogP) is 5.51. The van der Waals surface area contributed by atoms with Crippen LogP contribution in [0.4, 0.5) is 4.79 Å². The molecule has 3 aromatic heterocycles. The number of thioether (sulfide) groups is 1. The lowest BCUT2D eigenvalue weighted by molar-refractivity contribution is 0.0526. The number of benzene rings is 1. The molecule has 0 fully saturated rings. The molecule has 4 rings (SSSR count). The third kappa shape index (κ3) is 6.49. The molecule has 0 atom stereocenters. The van der Waals surface area contributed by atoms with Gasteiger partial charge >= 0.3 is 6.09 Å². The van der Waals surface area contributed by atoms with Gasteiger partial charge < -0.3 is 10.1 Å². The summed E-state index contributed by atoms with van der Waals surface area (Å²) in [5.74, 6) is 0. The zero-order valence-electron chi connectivity index (χ0n) is 21.9. The summed E-state index contributed by atoms with van der Waals surface area (Å²) in [4.78, 5) is 43.4. The molecule has 3 heterocycles. The summed E-state index contributed by atoms with van der Waals surface area (Å²) in [5, 5.41) is 4.43. The van der Waals surface area contributed by atoms with E-state index in [0.29, 0.717) is 57.5 Å². The third-order valence-electron chi connectivity index (χ3n) is 5.52. The molecule has 1 amide bonds. The number of fused-ring (bicyclic) bond motifs is 1. The number of ether oxygens (including phenoxy) is 1. The first-order valence-electron chi connectivity index (χ1n) is 12.1. The molecule has 0 spiro atoms. The maximum Gasteiger partial charge on any atom is 0.407 e. The maximum absolute atomic E-state index is 13.8. The number of carbonyl (C=O) groups is 1. The van der Waals surface area contributed by atoms with Gasteiger partial charge in [-0.05, 0) is 52.5 Å². The number of carbonyl (C=O) groups excluding carboxylic acids is 1. The van der Waals surface area contributed by atoms with E-state index in [-0.39, 0.29) is 5.56 Å². The minimum Gasteiger partial charge on any atom is -0.444 e. The molecule has 0 aliphatic rings. The minimum atomic E-state index is -0.586. The highest BCUT2D eigenvalue weighted by molar-refractivity contribution is 7.98. The number of alkyl carbamates (subject to hydrolysis) is 1. The van der Waals surface area contributed by atoms with Crippen molar-refractivity contribution in [3.05, 3.63) is 63.9 Å². The van der Waals surface area contributed by atoms with E-state index in [4.69, 9.17) is 16.3 Å². The molecule has 0 saturated carbocycles. The predicted molar refractivity (Wildman–Crippen MR) is 151 cm³/mol. The highest BCUT2D eigenvalue weighted by atomic mass is 35.5. The van der Waals surface area contributed by atoms with Crippen molar-refractivity contribution in [2.75, 3.05) is 12.8 Å². The molecule has 0 aliphatic carbocycles. The Morgan fingerprint density at radius 2 is 1.92 bits per heavy atom. The van der Waals surface area contributed by atoms with Gasteiger partial charge in [0.25, 0.3) is 5.56 Å². The third-order valence-corrected chi connectivity index (χ3v) is 6.40. The fraction of sp³-hybridized carbons (Fsp3) is 0.333. The lowest BCUT2D eigenvalue weighted by atomic mass is 10.0. The lowest BCUT2D eigenvalue weighted by Gasteiger charge is -2.19. The summed E-state index contributed by atoms with van der Waals surface area (Å²) in [6.07, 6.45) is 6.94. The van der Waals surface area contributed by atoms with E-state index in [1.165, 1.54) is 11.8 Å². The monoisotopic (exact) mass is 552 g/mol. The fourth-order valence-electron chi connectivity index (χ4n) is 3.88. The van der Waals surface area contributed by atoms with Crippen LogP contribution in [0.1, 0.15) is 32.9 Å². The summed E-state index contributed by atoms with van der Waals surface area (Å²) in [6.45, 7) is 7.95. The summed E-state index contributed by atoms with van der Waals surface area (Å²) >= 11 is 8.09. The molecule has 0 saturated heterocycles. The van der Waals surface area contributed by atoms with Gasteiger partial charge in [-0.15, -0.1) is 0 Å². The molecule has 0 unspecified atom stereocenters. The van der Waals surface area contributed by atoms with Crippen molar-refractivity contribution in [3.8, 4) is 22.4 Å². The van der Waals surface area contributed by atoms with Crippen molar-refractivity contribution in [2.45, 2.75) is 51.4 Å². The second kappa shape index (κ2) is 11.5. The van der Waals surface area contributed by atoms with Gasteiger partial charge in [-0.25, -0.2) is 19.7 Å². The Bertz CT molecular complexity index is 1550. The molecular formula is C27H29ClN6O3S. The first kappa shape index (κ1) is 27.5. The summed E-state index contributed by atoms with van der Waals surface area (Å²) in [5.41, 5.74) is 3.04. The van der Waals surface area contributed by atoms with Gasteiger partial charge in [0, 0.05) is 52.6 Å². The van der Waals surface area contributed by atoms with E-state index >= 15 is 0 Å². The number of amides is 1. The van der Waals surface area contributed by atoms with Gasteiger partial charge in [-0.1, -0.05) is 35.5 Å². The quantitative estimate of drug-likeness (QED) is 0.181. The maximum atomic E-state index is 13.8. The van der Waals surface area contributed by atoms with Crippen LogP contribution < -0.4 is 10.9 Å². The van der Waals surface area contributed by atoms with Crippen LogP contribution in [-0.4, -0.2) is 49.0 Å². The van der Waals surface area contributed by atoms with Crippen LogP contribution in [0, 0.1) is 6.92 Å². The number of aromatic nitrogens is 5. The van der Waals surface area contributed by atoms with E-state index in [1.807, 2.05) is 25.3 Å². The first-order valence-corrected chi connectivity index (χ1v) is 13.7. The number of halogens is 1. The van der Waals surface area contributed by atoms with Crippen LogP contribution in [0.2, 0.25) is 5.02 Å². The van der Waals surface area contributed by atoms with Gasteiger partial charge in [-0.3, -0.25) is 14.3 Å². The molecule has 38 heavy (non-hydrogen) atoms. The average Bonchev–Trinajstić information content (AvgIpc) is 2.86. The minimum absolute atomic E-state index is 0.231. The molecular weight excluding hydrogens is 524 g/mol. The number of pyridine rings is 1. The Kier molecular flexibility index (Phi) is 8.32. The molecule has 11 heteroatoms. The Hall–Kier alpha value is -3.50. The van der Waals surface area contributed by atoms with Crippen LogP contribution >= 0.6 is 23.4 Å². The number of hydrogen-bond donors (Lipinski definition) is 1. The van der Waals surface area contributed by atoms with Crippen LogP contribution in [0.5, 0.6) is 0 Å². The topological polar surface area (TPSA) is 112 Å². The zero-order valence-corrected chi connectivity index (χ0v) is 23.5. The van der Waals surface area contributed by atoms with Crippen molar-refractivity contribution in [1.82, 2.24) is 29.8 Å². The van der Waals surface area contributed by atoms with Crippen LogP contribution in [0.15, 0.2) is 52.8 Å². The average molecular weight is 553 g/mol. The van der Waals surface area contributed by atoms with Gasteiger partial charge in [0.15, 0.2) is 5.16 Å². The van der Waals surface area contributed by atoms with Gasteiger partial charge in [0.1, 0.15) is 11.2 Å². The van der Waals surface area contributed by atoms with E-state index < -0.39 is 11.7 Å². The zero-order chi connectivity index (χ0) is 27.4. The Morgan fingerprint density at radius 3 is 2.61 bits per heavy atom. The standard InChI is InChI=1S/C27H29ClN6O3S/c1-16-13-29-15-22(32-16)17-7-8-19(21(28)12-17)20-11-18-14-31-25(38-5)33-23(18)34(24(20)35)10-6-9-30-26(36)37-27(2,3)4/h7-8,11-15H,6,9-10H2,1-5H3,(H,30,36). The number of rotatable bonds is 7. The van der Waals surface area contributed by atoms with Crippen molar-refractivity contribution in [2.24, 2.45) is 0 Å². The molecule has 1 aromatic carbocycles. The van der Waals surface area contributed by atoms with Gasteiger partial charge in [-0.2, -0.15) is 0 Å². The summed E-state index contributed by atoms with van der Waals surface area (Å²) in [6, 6.07) is 7.24. The molecule has 0 aliphatic heterocycles. The summed E-state index contributed by atoms with van der Waals surface area (Å²) < 4.78 is 6.90. The number of nitrogens with one attached hydrogen (secondary N) is 1. The molecule has 1 N–H and O–H groups in total. The lowest BCUT2D eigenvalue weighted by Crippen LogP contribution is -2.33. The molecule has 0 radical (unpaired) electrons. The molecule has 9 nitrogen and oxygen atoms in total. The van der Waals surface area contributed by atoms with Crippen molar-refractivity contribution >= 4 is 40.5 Å². The second-order valence-electron chi connectivity index (χ2n) is 9.67. The molecule has 198 valence electrons. The molecule has 0 bridgehead atoms. The number of aryl methyl sites for hydroxylation is 2. The van der Waals surface area contributed by atoms with Gasteiger partial charge in [0.2, 0.25) is 0 Å². The number of hydrogen-bond acceptors (Lipinski definition) is 8. The normalized spacial score (nSPS) is 11.5. The fourth-order valence-corrected chi connectivity index (χ4v) is 4.50. The highest BCUT2D eigenvalue weighted by Crippen LogP contribution is 2.31. The Labute approximate surface area is 230 Å². The number of nitrogens with zero attached hydrogens (tertiary/aromatic N) is 5. The van der Waals surface area contributed by atoms with Crippen molar-refractivity contribution in [1.29, 1.82) is 0 Å². The van der Waals surface area contributed by atoms with E-state index in [2.05, 4.69) is 25.3 Å². The largest absolute Gasteiger partial charge is 0.444 e. The Balaban J connectivity index is 1.68. The van der Waals surface area contributed by atoms with Gasteiger partial charge in [0.05, 0.1) is 17.6 Å². The second-order valence-corrected chi connectivity index (χ2v) is 10.9. The first-order chi connectivity index (χ1) is 18.1. The van der Waals surface area contributed by atoms with E-state index in [1.54, 1.807) is 56.1 Å². The van der Waals surface area contributed by atoms with Crippen LogP contribution in [-0.2, 0) is 11.3 Å². The highest BCUT2D eigenvalue weighted by Gasteiger charge is 2.18. The summed E-state index contributed by atoms with van der Waals surface area (Å²) in [7, 11) is 0. The van der Waals surface area contributed by atoms with E-state index in [9.17, 15) is 9.59 Å². The smallest absolute Gasteiger partial charge is 0.407 e. The SMILES string of the molecule is CSc1ncc2cc(-c3ccc(-c4cncc(C)n4)cc3Cl)c(=O)n(CCCNC(=O)OC(C)(C)C)c2n1. The van der Waals surface area contributed by atoms with E-state index in [0.717, 1.165) is 11.3 Å². The Morgan fingerprint density at radius 1 is 1.13 bits per heavy atom. The van der Waals surface area contributed by atoms with Crippen LogP contribution in [0.3, 0.4) is 0 Å². The molecule has 4 aromatic rings.